The molecule has 1 heterocycles. The van der Waals surface area contributed by atoms with Crippen molar-refractivity contribution in [2.75, 3.05) is 6.61 Å². The lowest BCUT2D eigenvalue weighted by Gasteiger charge is -2.26. The fraction of sp³-hybridized carbons (Fsp3) is 0.529. The van der Waals surface area contributed by atoms with Crippen molar-refractivity contribution in [3.63, 3.8) is 0 Å². The molecule has 0 radical (unpaired) electrons. The molecule has 1 aliphatic carbocycles. The second kappa shape index (κ2) is 8.08. The number of alkyl halides is 2. The number of halogens is 3. The van der Waals surface area contributed by atoms with E-state index in [9.17, 15) is 21.6 Å². The molecule has 1 N–H and O–H groups in total. The summed E-state index contributed by atoms with van der Waals surface area (Å²) in [4.78, 5) is 3.82. The van der Waals surface area contributed by atoms with Crippen LogP contribution in [0.5, 0.6) is 5.75 Å². The Morgan fingerprint density at radius 2 is 2.04 bits per heavy atom. The SMILES string of the molecule is CCOc1ccc(S(=O)(=O)NCc2nc(C3CCC(F)(F)CC3)no2)cc1F. The van der Waals surface area contributed by atoms with Crippen molar-refractivity contribution in [1.82, 2.24) is 14.9 Å². The molecule has 1 aliphatic rings. The van der Waals surface area contributed by atoms with Gasteiger partial charge in [-0.05, 0) is 38.0 Å². The Hall–Kier alpha value is -2.14. The van der Waals surface area contributed by atoms with Crippen molar-refractivity contribution in [2.45, 2.75) is 55.9 Å². The Morgan fingerprint density at radius 1 is 1.32 bits per heavy atom. The van der Waals surface area contributed by atoms with E-state index in [0.717, 1.165) is 6.07 Å². The minimum Gasteiger partial charge on any atom is -0.491 e. The molecule has 0 atom stereocenters. The number of nitrogens with zero attached hydrogens (tertiary/aromatic N) is 2. The average Bonchev–Trinajstić information content (AvgIpc) is 3.11. The van der Waals surface area contributed by atoms with E-state index >= 15 is 0 Å². The van der Waals surface area contributed by atoms with Crippen LogP contribution in [0.25, 0.3) is 0 Å². The maximum atomic E-state index is 13.9. The topological polar surface area (TPSA) is 94.3 Å². The molecule has 28 heavy (non-hydrogen) atoms. The van der Waals surface area contributed by atoms with Gasteiger partial charge in [0.1, 0.15) is 0 Å². The van der Waals surface area contributed by atoms with E-state index in [1.165, 1.54) is 12.1 Å². The molecule has 1 aromatic carbocycles. The molecule has 0 unspecified atom stereocenters. The highest BCUT2D eigenvalue weighted by Gasteiger charge is 2.37. The van der Waals surface area contributed by atoms with E-state index in [0.29, 0.717) is 0 Å². The van der Waals surface area contributed by atoms with Gasteiger partial charge in [-0.2, -0.15) is 4.98 Å². The lowest BCUT2D eigenvalue weighted by Crippen LogP contribution is -2.24. The van der Waals surface area contributed by atoms with Crippen molar-refractivity contribution < 1.29 is 30.8 Å². The molecule has 11 heteroatoms. The Balaban J connectivity index is 1.62. The first-order chi connectivity index (χ1) is 13.2. The van der Waals surface area contributed by atoms with Gasteiger partial charge in [-0.1, -0.05) is 5.16 Å². The number of hydrogen-bond acceptors (Lipinski definition) is 6. The largest absolute Gasteiger partial charge is 0.491 e. The molecular weight excluding hydrogens is 399 g/mol. The van der Waals surface area contributed by atoms with Crippen LogP contribution in [-0.4, -0.2) is 31.1 Å². The number of aromatic nitrogens is 2. The van der Waals surface area contributed by atoms with E-state index in [1.54, 1.807) is 6.92 Å². The third kappa shape index (κ3) is 4.82. The summed E-state index contributed by atoms with van der Waals surface area (Å²) in [5, 5.41) is 3.76. The van der Waals surface area contributed by atoms with Crippen molar-refractivity contribution >= 4 is 10.0 Å². The van der Waals surface area contributed by atoms with Crippen LogP contribution in [0.4, 0.5) is 13.2 Å². The maximum Gasteiger partial charge on any atom is 0.248 e. The summed E-state index contributed by atoms with van der Waals surface area (Å²) in [6.07, 6.45) is 0.00125. The lowest BCUT2D eigenvalue weighted by atomic mass is 9.86. The van der Waals surface area contributed by atoms with Gasteiger partial charge in [-0.3, -0.25) is 0 Å². The molecule has 0 aliphatic heterocycles. The third-order valence-electron chi connectivity index (χ3n) is 4.49. The van der Waals surface area contributed by atoms with Gasteiger partial charge in [-0.15, -0.1) is 0 Å². The first kappa shape index (κ1) is 20.6. The molecule has 2 aromatic rings. The monoisotopic (exact) mass is 419 g/mol. The zero-order valence-corrected chi connectivity index (χ0v) is 15.9. The Kier molecular flexibility index (Phi) is 5.94. The van der Waals surface area contributed by atoms with Gasteiger partial charge in [0.25, 0.3) is 0 Å². The van der Waals surface area contributed by atoms with E-state index < -0.39 is 21.8 Å². The van der Waals surface area contributed by atoms with Crippen LogP contribution < -0.4 is 9.46 Å². The van der Waals surface area contributed by atoms with Crippen LogP contribution in [0, 0.1) is 5.82 Å². The van der Waals surface area contributed by atoms with Crippen molar-refractivity contribution in [3.05, 3.63) is 35.7 Å². The Morgan fingerprint density at radius 3 is 2.68 bits per heavy atom. The van der Waals surface area contributed by atoms with Crippen LogP contribution in [0.1, 0.15) is 50.2 Å². The molecule has 1 saturated carbocycles. The van der Waals surface area contributed by atoms with Gasteiger partial charge >= 0.3 is 0 Å². The average molecular weight is 419 g/mol. The molecule has 0 saturated heterocycles. The van der Waals surface area contributed by atoms with Gasteiger partial charge < -0.3 is 9.26 Å². The fourth-order valence-electron chi connectivity index (χ4n) is 2.97. The van der Waals surface area contributed by atoms with Crippen LogP contribution in [0.15, 0.2) is 27.6 Å². The highest BCUT2D eigenvalue weighted by Crippen LogP contribution is 2.39. The highest BCUT2D eigenvalue weighted by molar-refractivity contribution is 7.89. The van der Waals surface area contributed by atoms with Gasteiger partial charge in [0.15, 0.2) is 17.4 Å². The maximum absolute atomic E-state index is 13.9. The molecular formula is C17H20F3N3O4S. The van der Waals surface area contributed by atoms with E-state index in [1.807, 2.05) is 0 Å². The summed E-state index contributed by atoms with van der Waals surface area (Å²) >= 11 is 0. The smallest absolute Gasteiger partial charge is 0.248 e. The highest BCUT2D eigenvalue weighted by atomic mass is 32.2. The predicted molar refractivity (Wildman–Crippen MR) is 92.0 cm³/mol. The van der Waals surface area contributed by atoms with E-state index in [2.05, 4.69) is 14.9 Å². The van der Waals surface area contributed by atoms with Gasteiger partial charge in [0, 0.05) is 18.8 Å². The van der Waals surface area contributed by atoms with Crippen molar-refractivity contribution in [2.24, 2.45) is 0 Å². The zero-order chi connectivity index (χ0) is 20.4. The normalized spacial score (nSPS) is 17.6. The number of hydrogen-bond donors (Lipinski definition) is 1. The summed E-state index contributed by atoms with van der Waals surface area (Å²) < 4.78 is 77.3. The Bertz CT molecular complexity index is 923. The molecule has 0 amide bonds. The number of ether oxygens (including phenoxy) is 1. The zero-order valence-electron chi connectivity index (χ0n) is 15.1. The molecule has 1 fully saturated rings. The molecule has 1 aromatic heterocycles. The van der Waals surface area contributed by atoms with Crippen LogP contribution in [0.2, 0.25) is 0 Å². The Labute approximate surface area is 160 Å². The summed E-state index contributed by atoms with van der Waals surface area (Å²) in [6, 6.07) is 3.31. The molecule has 0 bridgehead atoms. The van der Waals surface area contributed by atoms with E-state index in [4.69, 9.17) is 9.26 Å². The van der Waals surface area contributed by atoms with Gasteiger partial charge in [0.05, 0.1) is 18.0 Å². The van der Waals surface area contributed by atoms with Gasteiger partial charge in [-0.25, -0.2) is 26.3 Å². The van der Waals surface area contributed by atoms with Crippen LogP contribution >= 0.6 is 0 Å². The summed E-state index contributed by atoms with van der Waals surface area (Å²) in [5.41, 5.74) is 0. The number of sulfonamides is 1. The predicted octanol–water partition coefficient (Wildman–Crippen LogP) is 3.38. The molecule has 154 valence electrons. The van der Waals surface area contributed by atoms with E-state index in [-0.39, 0.29) is 67.1 Å². The second-order valence-corrected chi connectivity index (χ2v) is 8.29. The minimum atomic E-state index is -4.02. The minimum absolute atomic E-state index is 0.00215. The first-order valence-electron chi connectivity index (χ1n) is 8.82. The summed E-state index contributed by atoms with van der Waals surface area (Å²) in [6.45, 7) is 1.63. The standard InChI is InChI=1S/C17H20F3N3O4S/c1-2-26-14-4-3-12(9-13(14)18)28(24,25)21-10-15-22-16(23-27-15)11-5-7-17(19,20)8-6-11/h3-4,9,11,21H,2,5-8,10H2,1H3. The van der Waals surface area contributed by atoms with Crippen molar-refractivity contribution in [3.8, 4) is 5.75 Å². The van der Waals surface area contributed by atoms with Crippen LogP contribution in [-0.2, 0) is 16.6 Å². The molecule has 0 spiro atoms. The summed E-state index contributed by atoms with van der Waals surface area (Å²) in [7, 11) is -4.02. The van der Waals surface area contributed by atoms with Crippen molar-refractivity contribution in [1.29, 1.82) is 0 Å². The molecule has 7 nitrogen and oxygen atoms in total. The number of rotatable bonds is 7. The second-order valence-electron chi connectivity index (χ2n) is 6.53. The first-order valence-corrected chi connectivity index (χ1v) is 10.3. The van der Waals surface area contributed by atoms with Crippen LogP contribution in [0.3, 0.4) is 0 Å². The summed E-state index contributed by atoms with van der Waals surface area (Å²) in [5.74, 6) is -3.45. The third-order valence-corrected chi connectivity index (χ3v) is 5.89. The number of nitrogens with one attached hydrogen (secondary N) is 1. The number of benzene rings is 1. The quantitative estimate of drug-likeness (QED) is 0.739. The van der Waals surface area contributed by atoms with Gasteiger partial charge in [0.2, 0.25) is 21.8 Å². The fourth-order valence-corrected chi connectivity index (χ4v) is 3.95. The lowest BCUT2D eigenvalue weighted by molar-refractivity contribution is -0.0389. The molecule has 3 rings (SSSR count).